The van der Waals surface area contributed by atoms with Gasteiger partial charge in [0.05, 0.1) is 24.3 Å². The van der Waals surface area contributed by atoms with Gasteiger partial charge >= 0.3 is 0 Å². The van der Waals surface area contributed by atoms with Crippen LogP contribution in [0.1, 0.15) is 12.5 Å². The number of carbonyl (C=O) groups is 1. The van der Waals surface area contributed by atoms with E-state index in [1.54, 1.807) is 10.9 Å². The normalized spacial score (nSPS) is 10.9. The maximum atomic E-state index is 12.0. The summed E-state index contributed by atoms with van der Waals surface area (Å²) in [6, 6.07) is 16.9. The van der Waals surface area contributed by atoms with Crippen LogP contribution in [0.4, 0.5) is 0 Å². The SMILES string of the molecule is CCOc1ccc(/C=N\NC(=O)CSc2nnnn2-c2ccccc2)cc1. The Morgan fingerprint density at radius 1 is 1.22 bits per heavy atom. The minimum absolute atomic E-state index is 0.147. The van der Waals surface area contributed by atoms with Crippen LogP contribution in [-0.2, 0) is 4.79 Å². The van der Waals surface area contributed by atoms with Gasteiger partial charge in [0.1, 0.15) is 5.75 Å². The predicted molar refractivity (Wildman–Crippen MR) is 103 cm³/mol. The Labute approximate surface area is 160 Å². The van der Waals surface area contributed by atoms with Gasteiger partial charge in [0.25, 0.3) is 5.91 Å². The largest absolute Gasteiger partial charge is 0.494 e. The van der Waals surface area contributed by atoms with E-state index in [-0.39, 0.29) is 11.7 Å². The van der Waals surface area contributed by atoms with Crippen LogP contribution in [0.3, 0.4) is 0 Å². The van der Waals surface area contributed by atoms with Gasteiger partial charge in [-0.1, -0.05) is 30.0 Å². The molecule has 1 aromatic heterocycles. The number of ether oxygens (including phenoxy) is 1. The number of aromatic nitrogens is 4. The molecule has 0 fully saturated rings. The zero-order valence-electron chi connectivity index (χ0n) is 14.6. The lowest BCUT2D eigenvalue weighted by Crippen LogP contribution is -2.20. The van der Waals surface area contributed by atoms with Gasteiger partial charge in [0.2, 0.25) is 5.16 Å². The van der Waals surface area contributed by atoms with Gasteiger partial charge in [0, 0.05) is 0 Å². The molecule has 0 radical (unpaired) electrons. The van der Waals surface area contributed by atoms with Crippen LogP contribution >= 0.6 is 11.8 Å². The number of rotatable bonds is 8. The second-order valence-electron chi connectivity index (χ2n) is 5.29. The number of tetrazole rings is 1. The molecule has 0 unspecified atom stereocenters. The molecule has 1 heterocycles. The first-order valence-electron chi connectivity index (χ1n) is 8.27. The molecular weight excluding hydrogens is 364 g/mol. The fraction of sp³-hybridized carbons (Fsp3) is 0.167. The van der Waals surface area contributed by atoms with Crippen molar-refractivity contribution in [3.05, 3.63) is 60.2 Å². The van der Waals surface area contributed by atoms with Crippen LogP contribution in [0.2, 0.25) is 0 Å². The van der Waals surface area contributed by atoms with Crippen LogP contribution in [0.25, 0.3) is 5.69 Å². The van der Waals surface area contributed by atoms with E-state index in [1.165, 1.54) is 11.8 Å². The summed E-state index contributed by atoms with van der Waals surface area (Å²) in [4.78, 5) is 12.0. The van der Waals surface area contributed by atoms with Crippen LogP contribution in [0.15, 0.2) is 64.9 Å². The van der Waals surface area contributed by atoms with Crippen molar-refractivity contribution in [2.24, 2.45) is 5.10 Å². The fourth-order valence-corrected chi connectivity index (χ4v) is 2.84. The van der Waals surface area contributed by atoms with Crippen molar-refractivity contribution in [1.29, 1.82) is 0 Å². The fourth-order valence-electron chi connectivity index (χ4n) is 2.16. The van der Waals surface area contributed by atoms with Crippen LogP contribution in [0.5, 0.6) is 5.75 Å². The lowest BCUT2D eigenvalue weighted by atomic mass is 10.2. The summed E-state index contributed by atoms with van der Waals surface area (Å²) in [5.41, 5.74) is 4.19. The van der Waals surface area contributed by atoms with Gasteiger partial charge in [-0.05, 0) is 59.3 Å². The number of thioether (sulfide) groups is 1. The van der Waals surface area contributed by atoms with Gasteiger partial charge in [-0.2, -0.15) is 9.78 Å². The first-order valence-corrected chi connectivity index (χ1v) is 9.26. The van der Waals surface area contributed by atoms with E-state index < -0.39 is 0 Å². The predicted octanol–water partition coefficient (Wildman–Crippen LogP) is 2.30. The molecule has 1 N–H and O–H groups in total. The topological polar surface area (TPSA) is 94.3 Å². The standard InChI is InChI=1S/C18H18N6O2S/c1-2-26-16-10-8-14(9-11-16)12-19-20-17(25)13-27-18-21-22-23-24(18)15-6-4-3-5-7-15/h3-12H,2,13H2,1H3,(H,20,25)/b19-12-. The van der Waals surface area contributed by atoms with E-state index >= 15 is 0 Å². The molecule has 0 saturated heterocycles. The van der Waals surface area contributed by atoms with E-state index in [1.807, 2.05) is 61.5 Å². The molecule has 3 aromatic rings. The van der Waals surface area contributed by atoms with Crippen LogP contribution < -0.4 is 10.2 Å². The monoisotopic (exact) mass is 382 g/mol. The molecule has 1 amide bonds. The van der Waals surface area contributed by atoms with Crippen LogP contribution in [0, 0.1) is 0 Å². The van der Waals surface area contributed by atoms with Gasteiger partial charge in [-0.3, -0.25) is 4.79 Å². The van der Waals surface area contributed by atoms with Crippen molar-refractivity contribution in [3.8, 4) is 11.4 Å². The average molecular weight is 382 g/mol. The van der Waals surface area contributed by atoms with Gasteiger partial charge in [-0.25, -0.2) is 5.43 Å². The molecule has 0 saturated carbocycles. The second kappa shape index (κ2) is 9.48. The zero-order chi connectivity index (χ0) is 18.9. The Balaban J connectivity index is 1.50. The summed E-state index contributed by atoms with van der Waals surface area (Å²) < 4.78 is 6.96. The Hall–Kier alpha value is -3.20. The number of hydrogen-bond acceptors (Lipinski definition) is 7. The van der Waals surface area contributed by atoms with Crippen molar-refractivity contribution in [2.75, 3.05) is 12.4 Å². The third-order valence-corrected chi connectivity index (χ3v) is 4.29. The molecule has 0 aliphatic carbocycles. The smallest absolute Gasteiger partial charge is 0.250 e. The Bertz CT molecular complexity index is 896. The lowest BCUT2D eigenvalue weighted by molar-refractivity contribution is -0.118. The minimum atomic E-state index is -0.246. The zero-order valence-corrected chi connectivity index (χ0v) is 15.5. The minimum Gasteiger partial charge on any atom is -0.494 e. The molecule has 3 rings (SSSR count). The van der Waals surface area contributed by atoms with E-state index in [4.69, 9.17) is 4.74 Å². The number of hydrazone groups is 1. The number of nitrogens with one attached hydrogen (secondary N) is 1. The highest BCUT2D eigenvalue weighted by Crippen LogP contribution is 2.17. The van der Waals surface area contributed by atoms with Crippen molar-refractivity contribution in [1.82, 2.24) is 25.6 Å². The van der Waals surface area contributed by atoms with Gasteiger partial charge in [0.15, 0.2) is 0 Å². The molecule has 0 spiro atoms. The average Bonchev–Trinajstić information content (AvgIpc) is 3.17. The number of amides is 1. The Morgan fingerprint density at radius 3 is 2.74 bits per heavy atom. The third-order valence-electron chi connectivity index (χ3n) is 3.37. The summed E-state index contributed by atoms with van der Waals surface area (Å²) in [6.07, 6.45) is 1.58. The molecule has 0 bridgehead atoms. The van der Waals surface area contributed by atoms with E-state index in [0.717, 1.165) is 17.0 Å². The molecule has 27 heavy (non-hydrogen) atoms. The van der Waals surface area contributed by atoms with Gasteiger partial charge in [-0.15, -0.1) is 5.10 Å². The molecule has 0 aliphatic rings. The summed E-state index contributed by atoms with van der Waals surface area (Å²) in [7, 11) is 0. The van der Waals surface area contributed by atoms with E-state index in [9.17, 15) is 4.79 Å². The van der Waals surface area contributed by atoms with E-state index in [0.29, 0.717) is 11.8 Å². The molecule has 0 aliphatic heterocycles. The highest BCUT2D eigenvalue weighted by Gasteiger charge is 2.10. The Morgan fingerprint density at radius 2 is 2.00 bits per heavy atom. The van der Waals surface area contributed by atoms with Gasteiger partial charge < -0.3 is 4.74 Å². The summed E-state index contributed by atoms with van der Waals surface area (Å²) in [5.74, 6) is 0.699. The van der Waals surface area contributed by atoms with E-state index in [2.05, 4.69) is 26.1 Å². The number of hydrogen-bond donors (Lipinski definition) is 1. The molecule has 9 heteroatoms. The molecule has 138 valence electrons. The number of benzene rings is 2. The van der Waals surface area contributed by atoms with Crippen molar-refractivity contribution in [3.63, 3.8) is 0 Å². The summed E-state index contributed by atoms with van der Waals surface area (Å²) in [5, 5.41) is 16.1. The van der Waals surface area contributed by atoms with Crippen molar-refractivity contribution < 1.29 is 9.53 Å². The Kier molecular flexibility index (Phi) is 6.53. The van der Waals surface area contributed by atoms with Crippen molar-refractivity contribution in [2.45, 2.75) is 12.1 Å². The molecule has 2 aromatic carbocycles. The summed E-state index contributed by atoms with van der Waals surface area (Å²) >= 11 is 1.23. The highest BCUT2D eigenvalue weighted by atomic mass is 32.2. The summed E-state index contributed by atoms with van der Waals surface area (Å²) in [6.45, 7) is 2.55. The highest BCUT2D eigenvalue weighted by molar-refractivity contribution is 7.99. The lowest BCUT2D eigenvalue weighted by Gasteiger charge is -2.03. The van der Waals surface area contributed by atoms with Crippen molar-refractivity contribution >= 4 is 23.9 Å². The molecule has 0 atom stereocenters. The number of carbonyl (C=O) groups excluding carboxylic acids is 1. The quantitative estimate of drug-likeness (QED) is 0.365. The molecule has 8 nitrogen and oxygen atoms in total. The third kappa shape index (κ3) is 5.38. The number of nitrogens with zero attached hydrogens (tertiary/aromatic N) is 5. The number of para-hydroxylation sites is 1. The van der Waals surface area contributed by atoms with Crippen LogP contribution in [-0.4, -0.2) is 44.7 Å². The maximum Gasteiger partial charge on any atom is 0.250 e. The maximum absolute atomic E-state index is 12.0. The first kappa shape index (κ1) is 18.6. The second-order valence-corrected chi connectivity index (χ2v) is 6.24. The first-order chi connectivity index (χ1) is 13.3. The molecular formula is C18H18N6O2S.